The second-order valence-electron chi connectivity index (χ2n) is 4.23. The van der Waals surface area contributed by atoms with Crippen molar-refractivity contribution in [3.8, 4) is 0 Å². The van der Waals surface area contributed by atoms with Crippen LogP contribution in [0.1, 0.15) is 16.1 Å². The molecule has 0 atom stereocenters. The van der Waals surface area contributed by atoms with Crippen LogP contribution in [0.4, 0.5) is 9.39 Å². The number of hydrogen-bond donors (Lipinski definition) is 1. The summed E-state index contributed by atoms with van der Waals surface area (Å²) in [7, 11) is 1.31. The number of thiophene rings is 1. The van der Waals surface area contributed by atoms with Crippen LogP contribution in [-0.2, 0) is 9.53 Å². The lowest BCUT2D eigenvalue weighted by Gasteiger charge is -2.03. The molecule has 0 saturated heterocycles. The maximum atomic E-state index is 13.4. The standard InChI is InChI=1S/C15H14FNO3S2/c1-20-15(19)12-6-7-14(22-12)17-13(18)8-9-21-11-5-3-2-4-10(11)16/h2-7H,8-9H2,1H3,(H,17,18). The zero-order valence-electron chi connectivity index (χ0n) is 11.8. The number of thioether (sulfide) groups is 1. The Balaban J connectivity index is 1.80. The maximum absolute atomic E-state index is 13.4. The van der Waals surface area contributed by atoms with Crippen LogP contribution in [0.3, 0.4) is 0 Å². The van der Waals surface area contributed by atoms with E-state index in [0.29, 0.717) is 20.5 Å². The van der Waals surface area contributed by atoms with E-state index < -0.39 is 5.97 Å². The van der Waals surface area contributed by atoms with Gasteiger partial charge in [-0.15, -0.1) is 23.1 Å². The minimum Gasteiger partial charge on any atom is -0.465 e. The molecule has 116 valence electrons. The molecule has 1 amide bonds. The average Bonchev–Trinajstić information content (AvgIpc) is 2.97. The molecule has 0 aliphatic carbocycles. The fourth-order valence-electron chi connectivity index (χ4n) is 1.63. The van der Waals surface area contributed by atoms with Crippen LogP contribution < -0.4 is 5.32 Å². The molecule has 0 spiro atoms. The minimum absolute atomic E-state index is 0.179. The van der Waals surface area contributed by atoms with Gasteiger partial charge in [0, 0.05) is 17.1 Å². The Hall–Kier alpha value is -1.86. The lowest BCUT2D eigenvalue weighted by atomic mass is 10.3. The minimum atomic E-state index is -0.430. The van der Waals surface area contributed by atoms with Crippen LogP contribution in [0, 0.1) is 5.82 Å². The van der Waals surface area contributed by atoms with E-state index in [1.54, 1.807) is 30.3 Å². The van der Waals surface area contributed by atoms with Crippen molar-refractivity contribution in [2.45, 2.75) is 11.3 Å². The first-order valence-electron chi connectivity index (χ1n) is 6.45. The van der Waals surface area contributed by atoms with Crippen molar-refractivity contribution in [1.29, 1.82) is 0 Å². The lowest BCUT2D eigenvalue weighted by molar-refractivity contribution is -0.115. The summed E-state index contributed by atoms with van der Waals surface area (Å²) in [5, 5.41) is 3.29. The number of carbonyl (C=O) groups excluding carboxylic acids is 2. The van der Waals surface area contributed by atoms with E-state index in [0.717, 1.165) is 11.3 Å². The fourth-order valence-corrected chi connectivity index (χ4v) is 3.36. The second kappa shape index (κ2) is 7.95. The molecule has 0 aliphatic heterocycles. The van der Waals surface area contributed by atoms with E-state index in [9.17, 15) is 14.0 Å². The summed E-state index contributed by atoms with van der Waals surface area (Å²) >= 11 is 2.45. The number of halogens is 1. The summed E-state index contributed by atoms with van der Waals surface area (Å²) in [6.45, 7) is 0. The molecular weight excluding hydrogens is 325 g/mol. The molecule has 7 heteroatoms. The summed E-state index contributed by atoms with van der Waals surface area (Å²) in [4.78, 5) is 24.1. The van der Waals surface area contributed by atoms with Crippen molar-refractivity contribution in [2.24, 2.45) is 0 Å². The highest BCUT2D eigenvalue weighted by molar-refractivity contribution is 7.99. The molecule has 1 aromatic carbocycles. The van der Waals surface area contributed by atoms with Crippen LogP contribution in [0.25, 0.3) is 0 Å². The van der Waals surface area contributed by atoms with E-state index in [1.165, 1.54) is 24.9 Å². The fraction of sp³-hybridized carbons (Fsp3) is 0.200. The summed E-state index contributed by atoms with van der Waals surface area (Å²) in [5.74, 6) is -0.418. The highest BCUT2D eigenvalue weighted by Gasteiger charge is 2.11. The van der Waals surface area contributed by atoms with Crippen LogP contribution in [0.15, 0.2) is 41.3 Å². The van der Waals surface area contributed by atoms with Crippen molar-refractivity contribution in [1.82, 2.24) is 0 Å². The molecule has 0 saturated carbocycles. The number of carbonyl (C=O) groups is 2. The number of hydrogen-bond acceptors (Lipinski definition) is 5. The van der Waals surface area contributed by atoms with Gasteiger partial charge in [0.1, 0.15) is 10.7 Å². The quantitative estimate of drug-likeness (QED) is 0.642. The summed E-state index contributed by atoms with van der Waals surface area (Å²) in [5.41, 5.74) is 0. The molecule has 0 aliphatic rings. The third kappa shape index (κ3) is 4.57. The SMILES string of the molecule is COC(=O)c1ccc(NC(=O)CCSc2ccccc2F)s1. The predicted octanol–water partition coefficient (Wildman–Crippen LogP) is 3.79. The Bertz CT molecular complexity index is 672. The maximum Gasteiger partial charge on any atom is 0.348 e. The van der Waals surface area contributed by atoms with E-state index in [2.05, 4.69) is 10.1 Å². The lowest BCUT2D eigenvalue weighted by Crippen LogP contribution is -2.11. The third-order valence-corrected chi connectivity index (χ3v) is 4.71. The van der Waals surface area contributed by atoms with E-state index in [1.807, 2.05) is 0 Å². The molecule has 0 fully saturated rings. The molecule has 2 rings (SSSR count). The number of nitrogens with one attached hydrogen (secondary N) is 1. The van der Waals surface area contributed by atoms with Gasteiger partial charge in [0.25, 0.3) is 0 Å². The largest absolute Gasteiger partial charge is 0.465 e. The molecule has 0 unspecified atom stereocenters. The molecule has 0 bridgehead atoms. The number of benzene rings is 1. The Morgan fingerprint density at radius 3 is 2.77 bits per heavy atom. The van der Waals surface area contributed by atoms with Crippen molar-refractivity contribution in [3.05, 3.63) is 47.1 Å². The second-order valence-corrected chi connectivity index (χ2v) is 6.45. The zero-order chi connectivity index (χ0) is 15.9. The highest BCUT2D eigenvalue weighted by atomic mass is 32.2. The van der Waals surface area contributed by atoms with E-state index >= 15 is 0 Å². The van der Waals surface area contributed by atoms with Crippen molar-refractivity contribution >= 4 is 40.0 Å². The van der Waals surface area contributed by atoms with Gasteiger partial charge in [-0.3, -0.25) is 4.79 Å². The summed E-state index contributed by atoms with van der Waals surface area (Å²) in [6.07, 6.45) is 0.254. The van der Waals surface area contributed by atoms with Gasteiger partial charge in [-0.05, 0) is 24.3 Å². The molecular formula is C15H14FNO3S2. The van der Waals surface area contributed by atoms with Gasteiger partial charge in [0.05, 0.1) is 12.1 Å². The van der Waals surface area contributed by atoms with Gasteiger partial charge in [0.15, 0.2) is 0 Å². The number of rotatable bonds is 6. The molecule has 1 aromatic heterocycles. The molecule has 0 radical (unpaired) electrons. The van der Waals surface area contributed by atoms with Gasteiger partial charge in [-0.25, -0.2) is 9.18 Å². The number of anilines is 1. The monoisotopic (exact) mass is 339 g/mol. The topological polar surface area (TPSA) is 55.4 Å². The first kappa shape index (κ1) is 16.5. The first-order chi connectivity index (χ1) is 10.6. The normalized spacial score (nSPS) is 10.3. The van der Waals surface area contributed by atoms with Crippen LogP contribution in [0.5, 0.6) is 0 Å². The van der Waals surface area contributed by atoms with Gasteiger partial charge in [-0.2, -0.15) is 0 Å². The zero-order valence-corrected chi connectivity index (χ0v) is 13.4. The van der Waals surface area contributed by atoms with Crippen molar-refractivity contribution in [3.63, 3.8) is 0 Å². The Kier molecular flexibility index (Phi) is 5.97. The Labute approximate surface area is 135 Å². The molecule has 2 aromatic rings. The van der Waals surface area contributed by atoms with Crippen molar-refractivity contribution in [2.75, 3.05) is 18.2 Å². The van der Waals surface area contributed by atoms with Crippen LogP contribution >= 0.6 is 23.1 Å². The van der Waals surface area contributed by atoms with Gasteiger partial charge < -0.3 is 10.1 Å². The van der Waals surface area contributed by atoms with Gasteiger partial charge in [-0.1, -0.05) is 12.1 Å². The number of methoxy groups -OCH3 is 1. The average molecular weight is 339 g/mol. The molecule has 4 nitrogen and oxygen atoms in total. The highest BCUT2D eigenvalue weighted by Crippen LogP contribution is 2.24. The first-order valence-corrected chi connectivity index (χ1v) is 8.25. The summed E-state index contributed by atoms with van der Waals surface area (Å²) < 4.78 is 18.0. The van der Waals surface area contributed by atoms with Crippen LogP contribution in [-0.4, -0.2) is 24.7 Å². The number of ether oxygens (including phenoxy) is 1. The number of amides is 1. The molecule has 1 N–H and O–H groups in total. The molecule has 22 heavy (non-hydrogen) atoms. The van der Waals surface area contributed by atoms with E-state index in [-0.39, 0.29) is 18.1 Å². The van der Waals surface area contributed by atoms with Crippen molar-refractivity contribution < 1.29 is 18.7 Å². The Morgan fingerprint density at radius 1 is 1.27 bits per heavy atom. The summed E-state index contributed by atoms with van der Waals surface area (Å²) in [6, 6.07) is 9.70. The molecule has 1 heterocycles. The number of esters is 1. The Morgan fingerprint density at radius 2 is 2.05 bits per heavy atom. The van der Waals surface area contributed by atoms with Crippen LogP contribution in [0.2, 0.25) is 0 Å². The predicted molar refractivity (Wildman–Crippen MR) is 86.0 cm³/mol. The third-order valence-electron chi connectivity index (χ3n) is 2.68. The van der Waals surface area contributed by atoms with Gasteiger partial charge >= 0.3 is 5.97 Å². The van der Waals surface area contributed by atoms with E-state index in [4.69, 9.17) is 0 Å². The smallest absolute Gasteiger partial charge is 0.348 e. The van der Waals surface area contributed by atoms with Gasteiger partial charge in [0.2, 0.25) is 5.91 Å².